The second-order valence-corrected chi connectivity index (χ2v) is 4.15. The van der Waals surface area contributed by atoms with Crippen molar-refractivity contribution in [2.45, 2.75) is 20.3 Å². The van der Waals surface area contributed by atoms with E-state index in [1.807, 2.05) is 36.1 Å². The zero-order chi connectivity index (χ0) is 13.4. The summed E-state index contributed by atoms with van der Waals surface area (Å²) in [5.74, 6) is -0.0359. The van der Waals surface area contributed by atoms with Gasteiger partial charge in [-0.1, -0.05) is 32.0 Å². The fraction of sp³-hybridized carbons (Fsp3) is 0.500. The summed E-state index contributed by atoms with van der Waals surface area (Å²) in [5.41, 5.74) is 2.01. The SMILES string of the molecule is CCc1ccccc1NC(=O)CN(CC)CCO. The van der Waals surface area contributed by atoms with Gasteiger partial charge in [0.2, 0.25) is 5.91 Å². The number of para-hydroxylation sites is 1. The van der Waals surface area contributed by atoms with Crippen LogP contribution < -0.4 is 5.32 Å². The summed E-state index contributed by atoms with van der Waals surface area (Å²) in [4.78, 5) is 13.8. The van der Waals surface area contributed by atoms with Gasteiger partial charge in [0.1, 0.15) is 0 Å². The standard InChI is InChI=1S/C14H22N2O2/c1-3-12-7-5-6-8-13(12)15-14(18)11-16(4-2)9-10-17/h5-8,17H,3-4,9-11H2,1-2H3,(H,15,18). The van der Waals surface area contributed by atoms with Gasteiger partial charge in [0.15, 0.2) is 0 Å². The topological polar surface area (TPSA) is 52.6 Å². The van der Waals surface area contributed by atoms with Crippen molar-refractivity contribution < 1.29 is 9.90 Å². The predicted octanol–water partition coefficient (Wildman–Crippen LogP) is 1.50. The third-order valence-corrected chi connectivity index (χ3v) is 2.90. The lowest BCUT2D eigenvalue weighted by atomic mass is 10.1. The second kappa shape index (κ2) is 7.84. The summed E-state index contributed by atoms with van der Waals surface area (Å²) >= 11 is 0. The number of benzene rings is 1. The zero-order valence-electron chi connectivity index (χ0n) is 11.1. The van der Waals surface area contributed by atoms with Gasteiger partial charge >= 0.3 is 0 Å². The summed E-state index contributed by atoms with van der Waals surface area (Å²) in [6, 6.07) is 7.82. The summed E-state index contributed by atoms with van der Waals surface area (Å²) in [6.45, 7) is 5.71. The molecule has 4 nitrogen and oxygen atoms in total. The molecule has 0 heterocycles. The van der Waals surface area contributed by atoms with Crippen LogP contribution in [0.1, 0.15) is 19.4 Å². The normalized spacial score (nSPS) is 10.7. The Kier molecular flexibility index (Phi) is 6.39. The summed E-state index contributed by atoms with van der Waals surface area (Å²) in [6.07, 6.45) is 0.893. The van der Waals surface area contributed by atoms with Crippen molar-refractivity contribution >= 4 is 11.6 Å². The lowest BCUT2D eigenvalue weighted by Crippen LogP contribution is -2.35. The number of amides is 1. The molecule has 0 aromatic heterocycles. The minimum absolute atomic E-state index is 0.0359. The van der Waals surface area contributed by atoms with E-state index in [1.54, 1.807) is 0 Å². The Bertz CT molecular complexity index is 380. The summed E-state index contributed by atoms with van der Waals surface area (Å²) < 4.78 is 0. The smallest absolute Gasteiger partial charge is 0.238 e. The molecule has 0 saturated heterocycles. The molecular formula is C14H22N2O2. The number of anilines is 1. The van der Waals surface area contributed by atoms with Crippen molar-refractivity contribution in [1.29, 1.82) is 0 Å². The molecule has 0 radical (unpaired) electrons. The van der Waals surface area contributed by atoms with Gasteiger partial charge in [-0.25, -0.2) is 0 Å². The molecule has 4 heteroatoms. The number of nitrogens with zero attached hydrogens (tertiary/aromatic N) is 1. The maximum absolute atomic E-state index is 11.9. The van der Waals surface area contributed by atoms with E-state index in [-0.39, 0.29) is 12.5 Å². The number of aryl methyl sites for hydroxylation is 1. The van der Waals surface area contributed by atoms with Crippen molar-refractivity contribution in [3.63, 3.8) is 0 Å². The van der Waals surface area contributed by atoms with E-state index in [1.165, 1.54) is 0 Å². The van der Waals surface area contributed by atoms with Gasteiger partial charge in [0.05, 0.1) is 13.2 Å². The Labute approximate surface area is 109 Å². The van der Waals surface area contributed by atoms with Crippen LogP contribution in [0, 0.1) is 0 Å². The van der Waals surface area contributed by atoms with Gasteiger partial charge in [-0.05, 0) is 24.6 Å². The van der Waals surface area contributed by atoms with E-state index in [0.717, 1.165) is 24.2 Å². The average Bonchev–Trinajstić information content (AvgIpc) is 2.38. The van der Waals surface area contributed by atoms with Gasteiger partial charge in [0, 0.05) is 12.2 Å². The maximum Gasteiger partial charge on any atom is 0.238 e. The molecule has 0 saturated carbocycles. The Morgan fingerprint density at radius 3 is 2.67 bits per heavy atom. The molecule has 0 spiro atoms. The average molecular weight is 250 g/mol. The van der Waals surface area contributed by atoms with Gasteiger partial charge in [-0.3, -0.25) is 9.69 Å². The summed E-state index contributed by atoms with van der Waals surface area (Å²) in [7, 11) is 0. The van der Waals surface area contributed by atoms with E-state index in [0.29, 0.717) is 13.1 Å². The minimum Gasteiger partial charge on any atom is -0.395 e. The quantitative estimate of drug-likeness (QED) is 0.771. The number of hydrogen-bond donors (Lipinski definition) is 2. The third-order valence-electron chi connectivity index (χ3n) is 2.90. The molecule has 18 heavy (non-hydrogen) atoms. The van der Waals surface area contributed by atoms with E-state index in [4.69, 9.17) is 5.11 Å². The molecule has 1 amide bonds. The lowest BCUT2D eigenvalue weighted by Gasteiger charge is -2.19. The molecule has 1 aromatic carbocycles. The lowest BCUT2D eigenvalue weighted by molar-refractivity contribution is -0.117. The van der Waals surface area contributed by atoms with Crippen molar-refractivity contribution in [3.05, 3.63) is 29.8 Å². The molecule has 100 valence electrons. The molecule has 0 unspecified atom stereocenters. The van der Waals surface area contributed by atoms with Gasteiger partial charge in [-0.2, -0.15) is 0 Å². The van der Waals surface area contributed by atoms with Crippen LogP contribution in [0.15, 0.2) is 24.3 Å². The maximum atomic E-state index is 11.9. The van der Waals surface area contributed by atoms with Crippen LogP contribution in [-0.4, -0.2) is 42.2 Å². The molecule has 0 bridgehead atoms. The van der Waals surface area contributed by atoms with Crippen molar-refractivity contribution in [2.24, 2.45) is 0 Å². The number of carbonyl (C=O) groups excluding carboxylic acids is 1. The Morgan fingerprint density at radius 1 is 1.33 bits per heavy atom. The third kappa shape index (κ3) is 4.47. The van der Waals surface area contributed by atoms with Crippen LogP contribution in [0.4, 0.5) is 5.69 Å². The van der Waals surface area contributed by atoms with Gasteiger partial charge in [-0.15, -0.1) is 0 Å². The highest BCUT2D eigenvalue weighted by molar-refractivity contribution is 5.92. The molecule has 0 fully saturated rings. The summed E-state index contributed by atoms with van der Waals surface area (Å²) in [5, 5.41) is 11.8. The van der Waals surface area contributed by atoms with Crippen molar-refractivity contribution in [1.82, 2.24) is 4.90 Å². The van der Waals surface area contributed by atoms with Crippen LogP contribution in [0.2, 0.25) is 0 Å². The van der Waals surface area contributed by atoms with Crippen LogP contribution in [0.25, 0.3) is 0 Å². The molecule has 2 N–H and O–H groups in total. The van der Waals surface area contributed by atoms with Crippen LogP contribution in [0.3, 0.4) is 0 Å². The molecule has 0 aliphatic carbocycles. The first-order valence-electron chi connectivity index (χ1n) is 6.42. The fourth-order valence-corrected chi connectivity index (χ4v) is 1.83. The van der Waals surface area contributed by atoms with E-state index < -0.39 is 0 Å². The number of carbonyl (C=O) groups is 1. The monoisotopic (exact) mass is 250 g/mol. The Hall–Kier alpha value is -1.39. The molecule has 1 aromatic rings. The Morgan fingerprint density at radius 2 is 2.06 bits per heavy atom. The number of aliphatic hydroxyl groups is 1. The first-order valence-corrected chi connectivity index (χ1v) is 6.42. The number of nitrogens with one attached hydrogen (secondary N) is 1. The van der Waals surface area contributed by atoms with Gasteiger partial charge < -0.3 is 10.4 Å². The van der Waals surface area contributed by atoms with Crippen molar-refractivity contribution in [3.8, 4) is 0 Å². The highest BCUT2D eigenvalue weighted by atomic mass is 16.3. The highest BCUT2D eigenvalue weighted by Gasteiger charge is 2.09. The van der Waals surface area contributed by atoms with Crippen LogP contribution in [0.5, 0.6) is 0 Å². The van der Waals surface area contributed by atoms with Crippen LogP contribution in [-0.2, 0) is 11.2 Å². The second-order valence-electron chi connectivity index (χ2n) is 4.15. The first kappa shape index (κ1) is 14.7. The molecule has 0 atom stereocenters. The van der Waals surface area contributed by atoms with E-state index in [9.17, 15) is 4.79 Å². The van der Waals surface area contributed by atoms with Crippen LogP contribution >= 0.6 is 0 Å². The number of rotatable bonds is 7. The number of aliphatic hydroxyl groups excluding tert-OH is 1. The number of hydrogen-bond acceptors (Lipinski definition) is 3. The first-order chi connectivity index (χ1) is 8.71. The van der Waals surface area contributed by atoms with Crippen molar-refractivity contribution in [2.75, 3.05) is 31.6 Å². The largest absolute Gasteiger partial charge is 0.395 e. The molecular weight excluding hydrogens is 228 g/mol. The Balaban J connectivity index is 2.58. The fourth-order valence-electron chi connectivity index (χ4n) is 1.83. The highest BCUT2D eigenvalue weighted by Crippen LogP contribution is 2.15. The van der Waals surface area contributed by atoms with Gasteiger partial charge in [0.25, 0.3) is 0 Å². The zero-order valence-corrected chi connectivity index (χ0v) is 11.1. The minimum atomic E-state index is -0.0359. The van der Waals surface area contributed by atoms with E-state index in [2.05, 4.69) is 12.2 Å². The predicted molar refractivity (Wildman–Crippen MR) is 73.6 cm³/mol. The molecule has 0 aliphatic rings. The van der Waals surface area contributed by atoms with E-state index >= 15 is 0 Å². The molecule has 1 rings (SSSR count). The molecule has 0 aliphatic heterocycles. The number of likely N-dealkylation sites (N-methyl/N-ethyl adjacent to an activating group) is 1.